The minimum Gasteiger partial charge on any atom is -0.385 e. The van der Waals surface area contributed by atoms with Gasteiger partial charge < -0.3 is 18.9 Å². The predicted octanol–water partition coefficient (Wildman–Crippen LogP) is 1.09. The first-order chi connectivity index (χ1) is 6.91. The van der Waals surface area contributed by atoms with Crippen LogP contribution in [0.25, 0.3) is 0 Å². The lowest BCUT2D eigenvalue weighted by Gasteiger charge is -2.05. The van der Waals surface area contributed by atoms with Crippen LogP contribution in [0.2, 0.25) is 0 Å². The zero-order chi connectivity index (χ0) is 10.5. The quantitative estimate of drug-likeness (QED) is 0.474. The SMILES string of the molecule is CCOCCOCCOCCCOC. The van der Waals surface area contributed by atoms with Crippen molar-refractivity contribution < 1.29 is 18.9 Å². The number of ether oxygens (including phenoxy) is 4. The molecule has 0 aromatic heterocycles. The molecular weight excluding hydrogens is 184 g/mol. The maximum absolute atomic E-state index is 5.30. The highest BCUT2D eigenvalue weighted by molar-refractivity contribution is 4.35. The van der Waals surface area contributed by atoms with Crippen molar-refractivity contribution >= 4 is 0 Å². The van der Waals surface area contributed by atoms with Gasteiger partial charge in [-0.1, -0.05) is 0 Å². The standard InChI is InChI=1S/C10H22O4/c1-3-12-7-8-14-10-9-13-6-4-5-11-2/h3-10H2,1-2H3. The Hall–Kier alpha value is -0.160. The van der Waals surface area contributed by atoms with Crippen molar-refractivity contribution in [1.82, 2.24) is 0 Å². The highest BCUT2D eigenvalue weighted by Gasteiger charge is 1.90. The third-order valence-corrected chi connectivity index (χ3v) is 1.59. The summed E-state index contributed by atoms with van der Waals surface area (Å²) in [7, 11) is 1.69. The summed E-state index contributed by atoms with van der Waals surface area (Å²) < 4.78 is 20.6. The monoisotopic (exact) mass is 206 g/mol. The van der Waals surface area contributed by atoms with Crippen LogP contribution in [-0.4, -0.2) is 53.4 Å². The summed E-state index contributed by atoms with van der Waals surface area (Å²) in [6.45, 7) is 6.81. The van der Waals surface area contributed by atoms with E-state index in [2.05, 4.69) is 0 Å². The molecule has 0 radical (unpaired) electrons. The van der Waals surface area contributed by atoms with Gasteiger partial charge in [0.1, 0.15) is 0 Å². The van der Waals surface area contributed by atoms with Crippen molar-refractivity contribution in [3.8, 4) is 0 Å². The molecule has 0 saturated heterocycles. The Morgan fingerprint density at radius 2 is 1.29 bits per heavy atom. The highest BCUT2D eigenvalue weighted by Crippen LogP contribution is 1.84. The number of hydrogen-bond acceptors (Lipinski definition) is 4. The summed E-state index contributed by atoms with van der Waals surface area (Å²) in [5.74, 6) is 0. The molecule has 86 valence electrons. The van der Waals surface area contributed by atoms with Crippen LogP contribution >= 0.6 is 0 Å². The molecule has 0 atom stereocenters. The minimum atomic E-state index is 0.639. The third kappa shape index (κ3) is 11.8. The van der Waals surface area contributed by atoms with Gasteiger partial charge in [-0.05, 0) is 13.3 Å². The Kier molecular flexibility index (Phi) is 12.7. The second-order valence-electron chi connectivity index (χ2n) is 2.77. The average Bonchev–Trinajstić information content (AvgIpc) is 2.21. The Morgan fingerprint density at radius 1 is 0.714 bits per heavy atom. The lowest BCUT2D eigenvalue weighted by molar-refractivity contribution is 0.0135. The number of hydrogen-bond donors (Lipinski definition) is 0. The predicted molar refractivity (Wildman–Crippen MR) is 54.6 cm³/mol. The van der Waals surface area contributed by atoms with Crippen molar-refractivity contribution in [2.24, 2.45) is 0 Å². The Labute approximate surface area is 86.5 Å². The molecule has 0 spiro atoms. The minimum absolute atomic E-state index is 0.639. The number of methoxy groups -OCH3 is 1. The van der Waals surface area contributed by atoms with E-state index in [9.17, 15) is 0 Å². The molecule has 0 aliphatic rings. The largest absolute Gasteiger partial charge is 0.385 e. The molecular formula is C10H22O4. The fourth-order valence-electron chi connectivity index (χ4n) is 0.889. The molecule has 0 aliphatic heterocycles. The van der Waals surface area contributed by atoms with Gasteiger partial charge in [-0.25, -0.2) is 0 Å². The van der Waals surface area contributed by atoms with Crippen LogP contribution in [0.4, 0.5) is 0 Å². The van der Waals surface area contributed by atoms with Crippen molar-refractivity contribution in [2.75, 3.05) is 53.4 Å². The number of rotatable bonds is 11. The highest BCUT2D eigenvalue weighted by atomic mass is 16.5. The zero-order valence-electron chi connectivity index (χ0n) is 9.29. The molecule has 0 rings (SSSR count). The maximum atomic E-state index is 5.30. The Balaban J connectivity index is 2.78. The van der Waals surface area contributed by atoms with Crippen LogP contribution in [0.1, 0.15) is 13.3 Å². The van der Waals surface area contributed by atoms with Crippen molar-refractivity contribution in [2.45, 2.75) is 13.3 Å². The molecule has 0 unspecified atom stereocenters. The van der Waals surface area contributed by atoms with Crippen molar-refractivity contribution in [3.63, 3.8) is 0 Å². The average molecular weight is 206 g/mol. The Morgan fingerprint density at radius 3 is 1.86 bits per heavy atom. The maximum Gasteiger partial charge on any atom is 0.0701 e. The van der Waals surface area contributed by atoms with E-state index in [-0.39, 0.29) is 0 Å². The second-order valence-corrected chi connectivity index (χ2v) is 2.77. The first-order valence-electron chi connectivity index (χ1n) is 5.14. The van der Waals surface area contributed by atoms with E-state index in [1.165, 1.54) is 0 Å². The van der Waals surface area contributed by atoms with Gasteiger partial charge in [0.2, 0.25) is 0 Å². The molecule has 0 aromatic rings. The smallest absolute Gasteiger partial charge is 0.0701 e. The fourth-order valence-corrected chi connectivity index (χ4v) is 0.889. The molecule has 0 fully saturated rings. The summed E-state index contributed by atoms with van der Waals surface area (Å²) in [4.78, 5) is 0. The van der Waals surface area contributed by atoms with E-state index in [4.69, 9.17) is 18.9 Å². The molecule has 4 nitrogen and oxygen atoms in total. The molecule has 0 amide bonds. The van der Waals surface area contributed by atoms with E-state index in [1.54, 1.807) is 7.11 Å². The van der Waals surface area contributed by atoms with Gasteiger partial charge in [-0.2, -0.15) is 0 Å². The van der Waals surface area contributed by atoms with Crippen LogP contribution < -0.4 is 0 Å². The van der Waals surface area contributed by atoms with Crippen molar-refractivity contribution in [1.29, 1.82) is 0 Å². The van der Waals surface area contributed by atoms with E-state index in [0.717, 1.165) is 26.2 Å². The summed E-state index contributed by atoms with van der Waals surface area (Å²) in [6.07, 6.45) is 0.940. The van der Waals surface area contributed by atoms with E-state index in [1.807, 2.05) is 6.92 Å². The fraction of sp³-hybridized carbons (Fsp3) is 1.00. The van der Waals surface area contributed by atoms with Gasteiger partial charge in [-0.15, -0.1) is 0 Å². The third-order valence-electron chi connectivity index (χ3n) is 1.59. The molecule has 4 heteroatoms. The topological polar surface area (TPSA) is 36.9 Å². The second kappa shape index (κ2) is 12.8. The van der Waals surface area contributed by atoms with Gasteiger partial charge in [0.05, 0.1) is 26.4 Å². The first-order valence-corrected chi connectivity index (χ1v) is 5.14. The van der Waals surface area contributed by atoms with Gasteiger partial charge in [0.25, 0.3) is 0 Å². The normalized spacial score (nSPS) is 10.7. The molecule has 0 N–H and O–H groups in total. The molecule has 14 heavy (non-hydrogen) atoms. The van der Waals surface area contributed by atoms with Gasteiger partial charge in [0.15, 0.2) is 0 Å². The Bertz CT molecular complexity index is 86.1. The lowest BCUT2D eigenvalue weighted by atomic mass is 10.5. The van der Waals surface area contributed by atoms with Crippen LogP contribution in [0.3, 0.4) is 0 Å². The van der Waals surface area contributed by atoms with Crippen LogP contribution in [-0.2, 0) is 18.9 Å². The van der Waals surface area contributed by atoms with E-state index in [0.29, 0.717) is 26.4 Å². The van der Waals surface area contributed by atoms with E-state index >= 15 is 0 Å². The van der Waals surface area contributed by atoms with Gasteiger partial charge >= 0.3 is 0 Å². The molecule has 0 heterocycles. The van der Waals surface area contributed by atoms with Gasteiger partial charge in [0, 0.05) is 26.9 Å². The first kappa shape index (κ1) is 13.8. The van der Waals surface area contributed by atoms with Crippen LogP contribution in [0, 0.1) is 0 Å². The van der Waals surface area contributed by atoms with Gasteiger partial charge in [-0.3, -0.25) is 0 Å². The van der Waals surface area contributed by atoms with Crippen molar-refractivity contribution in [3.05, 3.63) is 0 Å². The molecule has 0 aromatic carbocycles. The molecule has 0 saturated carbocycles. The van der Waals surface area contributed by atoms with Crippen LogP contribution in [0.5, 0.6) is 0 Å². The molecule has 0 bridgehead atoms. The van der Waals surface area contributed by atoms with Crippen LogP contribution in [0.15, 0.2) is 0 Å². The summed E-state index contributed by atoms with van der Waals surface area (Å²) in [6, 6.07) is 0. The van der Waals surface area contributed by atoms with E-state index < -0.39 is 0 Å². The molecule has 0 aliphatic carbocycles. The summed E-state index contributed by atoms with van der Waals surface area (Å²) in [5, 5.41) is 0. The summed E-state index contributed by atoms with van der Waals surface area (Å²) in [5.41, 5.74) is 0. The summed E-state index contributed by atoms with van der Waals surface area (Å²) >= 11 is 0. The zero-order valence-corrected chi connectivity index (χ0v) is 9.29. The lowest BCUT2D eigenvalue weighted by Crippen LogP contribution is -2.10.